The van der Waals surface area contributed by atoms with Crippen LogP contribution in [0.1, 0.15) is 38.6 Å². The Bertz CT molecular complexity index is 1380. The number of rotatable bonds is 7. The monoisotopic (exact) mass is 635 g/mol. The summed E-state index contributed by atoms with van der Waals surface area (Å²) in [4.78, 5) is 42.8. The Labute approximate surface area is 219 Å². The van der Waals surface area contributed by atoms with E-state index >= 15 is 4.39 Å². The van der Waals surface area contributed by atoms with Gasteiger partial charge in [-0.15, -0.1) is 11.3 Å². The molecule has 8 nitrogen and oxygen atoms in total. The first kappa shape index (κ1) is 26.1. The molecule has 0 bridgehead atoms. The molecule has 1 saturated carbocycles. The number of hydrogen-bond donors (Lipinski definition) is 3. The number of pyridine rings is 1. The van der Waals surface area contributed by atoms with Gasteiger partial charge in [-0.1, -0.05) is 0 Å². The number of anilines is 2. The highest BCUT2D eigenvalue weighted by Gasteiger charge is 2.36. The fourth-order valence-electron chi connectivity index (χ4n) is 3.33. The maximum Gasteiger partial charge on any atom is 0.417 e. The number of amides is 2. The molecule has 3 N–H and O–H groups in total. The smallest absolute Gasteiger partial charge is 0.350 e. The molecule has 1 aliphatic carbocycles. The second-order valence-electron chi connectivity index (χ2n) is 8.09. The van der Waals surface area contributed by atoms with Crippen molar-refractivity contribution in [2.45, 2.75) is 19.0 Å². The summed E-state index contributed by atoms with van der Waals surface area (Å²) in [5.41, 5.74) is -2.98. The average Bonchev–Trinajstić information content (AvgIpc) is 3.51. The number of carbonyl (C=O) groups is 2. The molecule has 14 heteroatoms. The van der Waals surface area contributed by atoms with Gasteiger partial charge in [0.2, 0.25) is 5.56 Å². The largest absolute Gasteiger partial charge is 0.417 e. The minimum absolute atomic E-state index is 0.000333. The third-order valence-electron chi connectivity index (χ3n) is 5.36. The van der Waals surface area contributed by atoms with Crippen molar-refractivity contribution in [1.29, 1.82) is 0 Å². The first-order valence-corrected chi connectivity index (χ1v) is 12.4. The van der Waals surface area contributed by atoms with Crippen molar-refractivity contribution in [2.75, 3.05) is 22.0 Å². The molecule has 4 rings (SSSR count). The number of halogens is 5. The zero-order valence-electron chi connectivity index (χ0n) is 18.5. The van der Waals surface area contributed by atoms with Gasteiger partial charge in [0.25, 0.3) is 11.8 Å². The number of hydrogen-bond acceptors (Lipinski definition) is 6. The molecule has 0 radical (unpaired) electrons. The highest BCUT2D eigenvalue weighted by Crippen LogP contribution is 2.37. The summed E-state index contributed by atoms with van der Waals surface area (Å²) in [5.74, 6) is -1.78. The molecule has 2 amide bonds. The van der Waals surface area contributed by atoms with Crippen LogP contribution in [0.5, 0.6) is 0 Å². The summed E-state index contributed by atoms with van der Waals surface area (Å²) in [7, 11) is 1.55. The lowest BCUT2D eigenvalue weighted by molar-refractivity contribution is -0.138. The summed E-state index contributed by atoms with van der Waals surface area (Å²) >= 11 is 2.83. The van der Waals surface area contributed by atoms with Crippen LogP contribution in [0.4, 0.5) is 28.9 Å². The van der Waals surface area contributed by atoms with Crippen LogP contribution in [0, 0.1) is 11.7 Å². The van der Waals surface area contributed by atoms with Crippen LogP contribution < -0.4 is 19.3 Å². The molecular formula is C22H18F4IN5O3S. The Hall–Kier alpha value is -3.01. The summed E-state index contributed by atoms with van der Waals surface area (Å²) in [5, 5.41) is 6.76. The van der Waals surface area contributed by atoms with Crippen LogP contribution in [0.2, 0.25) is 0 Å². The van der Waals surface area contributed by atoms with E-state index in [0.29, 0.717) is 24.7 Å². The van der Waals surface area contributed by atoms with Gasteiger partial charge in [-0.05, 0) is 24.8 Å². The molecule has 1 aromatic carbocycles. The summed E-state index contributed by atoms with van der Waals surface area (Å²) in [6, 6.07) is 2.63. The molecule has 0 saturated heterocycles. The minimum atomic E-state index is -4.95. The number of H-pyrrole nitrogens is 1. The van der Waals surface area contributed by atoms with E-state index in [1.807, 2.05) is 22.9 Å². The van der Waals surface area contributed by atoms with Gasteiger partial charge >= 0.3 is 6.18 Å². The first-order chi connectivity index (χ1) is 16.9. The third kappa shape index (κ3) is 5.86. The normalized spacial score (nSPS) is 13.4. The van der Waals surface area contributed by atoms with E-state index < -0.39 is 34.6 Å². The maximum absolute atomic E-state index is 15.0. The fraction of sp³-hybridized carbons (Fsp3) is 0.273. The number of carbonyl (C=O) groups excluding carboxylic acids is 2. The Morgan fingerprint density at radius 3 is 2.61 bits per heavy atom. The van der Waals surface area contributed by atoms with Crippen LogP contribution in [0.3, 0.4) is 0 Å². The predicted octanol–water partition coefficient (Wildman–Crippen LogP) is 4.83. The Morgan fingerprint density at radius 2 is 1.97 bits per heavy atom. The zero-order chi connectivity index (χ0) is 26.2. The molecule has 2 heterocycles. The van der Waals surface area contributed by atoms with Crippen molar-refractivity contribution in [2.24, 2.45) is 5.92 Å². The molecule has 3 aromatic rings. The number of alkyl halides is 3. The van der Waals surface area contributed by atoms with E-state index in [4.69, 9.17) is 0 Å². The van der Waals surface area contributed by atoms with Crippen LogP contribution in [-0.4, -0.2) is 35.4 Å². The van der Waals surface area contributed by atoms with Crippen molar-refractivity contribution < 1.29 is 27.2 Å². The number of aromatic nitrogens is 2. The maximum atomic E-state index is 15.0. The standard InChI is InChI=1S/C22H18F4IN5O3S/c1-32(27)17-6-14(23)11(16-9-36-21(31-16)20(35)29-7-10-2-3-10)4-15(17)30-19(34)12-8-28-18(33)5-13(12)22(24,25)26/h4-6,8-10H,2-3,7H2,1H3,(H,28,33)(H,29,35)(H,30,34). The van der Waals surface area contributed by atoms with Crippen LogP contribution in [0.25, 0.3) is 11.3 Å². The van der Waals surface area contributed by atoms with Crippen LogP contribution in [-0.2, 0) is 6.18 Å². The first-order valence-electron chi connectivity index (χ1n) is 10.5. The van der Waals surface area contributed by atoms with Crippen molar-refractivity contribution in [3.63, 3.8) is 0 Å². The van der Waals surface area contributed by atoms with Gasteiger partial charge in [0.1, 0.15) is 5.82 Å². The van der Waals surface area contributed by atoms with Crippen molar-refractivity contribution >= 4 is 57.4 Å². The van der Waals surface area contributed by atoms with Gasteiger partial charge in [-0.2, -0.15) is 13.2 Å². The van der Waals surface area contributed by atoms with Crippen molar-refractivity contribution in [1.82, 2.24) is 15.3 Å². The molecule has 190 valence electrons. The molecule has 1 aliphatic rings. The van der Waals surface area contributed by atoms with E-state index in [2.05, 4.69) is 20.6 Å². The zero-order valence-corrected chi connectivity index (χ0v) is 21.5. The summed E-state index contributed by atoms with van der Waals surface area (Å²) in [6.45, 7) is 0.541. The number of benzene rings is 1. The topological polar surface area (TPSA) is 107 Å². The van der Waals surface area contributed by atoms with Crippen LogP contribution in [0.15, 0.2) is 34.6 Å². The second kappa shape index (κ2) is 10.2. The molecule has 0 aliphatic heterocycles. The van der Waals surface area contributed by atoms with Gasteiger partial charge in [-0.3, -0.25) is 14.4 Å². The Balaban J connectivity index is 1.66. The molecule has 0 unspecified atom stereocenters. The lowest BCUT2D eigenvalue weighted by atomic mass is 10.1. The molecule has 0 spiro atoms. The van der Waals surface area contributed by atoms with E-state index in [9.17, 15) is 27.6 Å². The average molecular weight is 635 g/mol. The summed E-state index contributed by atoms with van der Waals surface area (Å²) < 4.78 is 56.7. The van der Waals surface area contributed by atoms with E-state index in [0.717, 1.165) is 30.2 Å². The lowest BCUT2D eigenvalue weighted by Gasteiger charge is -2.19. The van der Waals surface area contributed by atoms with Gasteiger partial charge < -0.3 is 18.7 Å². The van der Waals surface area contributed by atoms with E-state index in [1.54, 1.807) is 7.05 Å². The molecule has 1 fully saturated rings. The Kier molecular flexibility index (Phi) is 7.36. The van der Waals surface area contributed by atoms with Crippen LogP contribution >= 0.6 is 34.2 Å². The van der Waals surface area contributed by atoms with E-state index in [-0.39, 0.29) is 33.5 Å². The number of nitrogens with zero attached hydrogens (tertiary/aromatic N) is 2. The SMILES string of the molecule is CN(I)c1cc(F)c(-c2csc(C(=O)NCC3CC3)n2)cc1NC(=O)c1c[nH]c(=O)cc1C(F)(F)F. The summed E-state index contributed by atoms with van der Waals surface area (Å²) in [6.07, 6.45) is -2.16. The molecule has 0 atom stereocenters. The van der Waals surface area contributed by atoms with Gasteiger partial charge in [0.15, 0.2) is 5.01 Å². The fourth-order valence-corrected chi connectivity index (χ4v) is 4.47. The highest BCUT2D eigenvalue weighted by atomic mass is 127. The second-order valence-corrected chi connectivity index (χ2v) is 10.4. The number of nitrogens with one attached hydrogen (secondary N) is 3. The predicted molar refractivity (Wildman–Crippen MR) is 135 cm³/mol. The molecule has 2 aromatic heterocycles. The Morgan fingerprint density at radius 1 is 1.25 bits per heavy atom. The molecular weight excluding hydrogens is 617 g/mol. The highest BCUT2D eigenvalue weighted by molar-refractivity contribution is 14.1. The van der Waals surface area contributed by atoms with Gasteiger partial charge in [0, 0.05) is 42.9 Å². The number of thiazole rings is 1. The minimum Gasteiger partial charge on any atom is -0.350 e. The van der Waals surface area contributed by atoms with Crippen molar-refractivity contribution in [3.8, 4) is 11.3 Å². The lowest BCUT2D eigenvalue weighted by Crippen LogP contribution is -2.25. The third-order valence-corrected chi connectivity index (χ3v) is 6.72. The molecule has 36 heavy (non-hydrogen) atoms. The van der Waals surface area contributed by atoms with E-state index in [1.165, 1.54) is 14.6 Å². The number of aromatic amines is 1. The van der Waals surface area contributed by atoms with Crippen molar-refractivity contribution in [3.05, 3.63) is 62.1 Å². The van der Waals surface area contributed by atoms with Gasteiger partial charge in [0.05, 0.1) is 51.1 Å². The quantitative estimate of drug-likeness (QED) is 0.196. The van der Waals surface area contributed by atoms with Gasteiger partial charge in [-0.25, -0.2) is 9.37 Å².